The number of anilines is 2. The van der Waals surface area contributed by atoms with Gasteiger partial charge in [0, 0.05) is 82.4 Å². The normalized spacial score (nSPS) is 13.4. The van der Waals surface area contributed by atoms with Crippen molar-refractivity contribution in [2.75, 3.05) is 16.5 Å². The predicted octanol–water partition coefficient (Wildman–Crippen LogP) is 15.3. The molecule has 0 amide bonds. The summed E-state index contributed by atoms with van der Waals surface area (Å²) in [6, 6.07) is 54.4. The Hall–Kier alpha value is -6.21. The largest absolute Gasteiger partial charge is 0.447 e. The number of allylic oxidation sites excluding steroid dienone is 2. The molecule has 0 spiro atoms. The minimum atomic E-state index is 0.00666. The molecule has 4 heterocycles. The van der Waals surface area contributed by atoms with E-state index in [1.54, 1.807) is 11.3 Å². The van der Waals surface area contributed by atoms with Crippen LogP contribution in [0.15, 0.2) is 169 Å². The van der Waals surface area contributed by atoms with E-state index in [1.165, 1.54) is 80.7 Å². The Morgan fingerprint density at radius 2 is 1.26 bits per heavy atom. The molecular weight excluding hydrogens is 747 g/mol. The summed E-state index contributed by atoms with van der Waals surface area (Å²) in [5.41, 5.74) is 13.0. The van der Waals surface area contributed by atoms with Gasteiger partial charge in [-0.2, -0.15) is 0 Å². The van der Waals surface area contributed by atoms with Crippen molar-refractivity contribution in [2.24, 2.45) is 0 Å². The van der Waals surface area contributed by atoms with Gasteiger partial charge in [-0.1, -0.05) is 135 Å². The van der Waals surface area contributed by atoms with Gasteiger partial charge in [-0.05, 0) is 72.4 Å². The van der Waals surface area contributed by atoms with Crippen LogP contribution < -0.4 is 14.5 Å². The number of hydrogen-bond donors (Lipinski definition) is 0. The van der Waals surface area contributed by atoms with E-state index in [2.05, 4.69) is 196 Å². The first kappa shape index (κ1) is 36.2. The predicted molar refractivity (Wildman–Crippen MR) is 249 cm³/mol. The second-order valence-corrected chi connectivity index (χ2v) is 18.2. The van der Waals surface area contributed by atoms with Crippen molar-refractivity contribution >= 4 is 64.3 Å². The molecule has 0 atom stereocenters. The standard InChI is InChI=1S/C52H43N3OS2/c1-33-34(2)55(50-40(35-16-8-6-9-17-35)23-15-24-41(50)36-18-10-7-11-19-36)32-54(33)38-20-14-21-39(29-38)56-48-31-44-47(57-48)30-43-42-22-12-13-25-46(42)58-51(43)49(44)45-28-37(26-27-53-45)52(3,4)5/h6-31H,32H2,1-5H3. The molecule has 0 aliphatic carbocycles. The van der Waals surface area contributed by atoms with Gasteiger partial charge in [0.2, 0.25) is 0 Å². The van der Waals surface area contributed by atoms with Gasteiger partial charge in [0.1, 0.15) is 5.75 Å². The molecule has 1 aliphatic rings. The maximum Gasteiger partial charge on any atom is 0.182 e. The lowest BCUT2D eigenvalue weighted by atomic mass is 9.86. The third-order valence-electron chi connectivity index (χ3n) is 11.5. The Bertz CT molecular complexity index is 2970. The number of fused-ring (bicyclic) bond motifs is 4. The fourth-order valence-electron chi connectivity index (χ4n) is 8.30. The Kier molecular flexibility index (Phi) is 8.92. The van der Waals surface area contributed by atoms with E-state index < -0.39 is 0 Å². The molecule has 0 N–H and O–H groups in total. The Balaban J connectivity index is 1.02. The highest BCUT2D eigenvalue weighted by molar-refractivity contribution is 7.27. The zero-order chi connectivity index (χ0) is 39.5. The van der Waals surface area contributed by atoms with Crippen LogP contribution in [-0.2, 0) is 5.41 Å². The molecular formula is C52H43N3OS2. The van der Waals surface area contributed by atoms with Crippen molar-refractivity contribution in [1.82, 2.24) is 4.98 Å². The second kappa shape index (κ2) is 14.3. The highest BCUT2D eigenvalue weighted by atomic mass is 32.1. The molecule has 0 bridgehead atoms. The summed E-state index contributed by atoms with van der Waals surface area (Å²) in [7, 11) is 0. The highest BCUT2D eigenvalue weighted by Crippen LogP contribution is 2.49. The van der Waals surface area contributed by atoms with E-state index in [1.807, 2.05) is 17.5 Å². The van der Waals surface area contributed by atoms with Gasteiger partial charge in [-0.15, -0.1) is 11.3 Å². The zero-order valence-corrected chi connectivity index (χ0v) is 34.9. The summed E-state index contributed by atoms with van der Waals surface area (Å²) < 4.78 is 10.5. The molecule has 0 saturated heterocycles. The van der Waals surface area contributed by atoms with E-state index in [9.17, 15) is 0 Å². The number of aromatic nitrogens is 1. The summed E-state index contributed by atoms with van der Waals surface area (Å²) in [5, 5.41) is 4.58. The van der Waals surface area contributed by atoms with Crippen LogP contribution in [0.2, 0.25) is 0 Å². The van der Waals surface area contributed by atoms with Crippen LogP contribution >= 0.6 is 22.7 Å². The first-order chi connectivity index (χ1) is 28.2. The fraction of sp³-hybridized carbons (Fsp3) is 0.135. The molecule has 10 rings (SSSR count). The van der Waals surface area contributed by atoms with Gasteiger partial charge < -0.3 is 14.5 Å². The number of benzene rings is 6. The van der Waals surface area contributed by atoms with Crippen LogP contribution in [0.25, 0.3) is 63.8 Å². The first-order valence-electron chi connectivity index (χ1n) is 19.8. The van der Waals surface area contributed by atoms with Crippen LogP contribution in [0.4, 0.5) is 11.4 Å². The average Bonchev–Trinajstić information content (AvgIpc) is 3.92. The molecule has 284 valence electrons. The van der Waals surface area contributed by atoms with E-state index in [0.717, 1.165) is 22.2 Å². The number of ether oxygens (including phenoxy) is 1. The topological polar surface area (TPSA) is 28.6 Å². The van der Waals surface area contributed by atoms with Gasteiger partial charge >= 0.3 is 0 Å². The first-order valence-corrected chi connectivity index (χ1v) is 21.4. The SMILES string of the molecule is CC1=C(C)N(c2c(-c3ccccc3)cccc2-c2ccccc2)CN1c1cccc(Oc2cc3c(-c4cc(C(C)(C)C)ccn4)c4sc5ccccc5c4cc3s2)c1. The van der Waals surface area contributed by atoms with E-state index in [0.29, 0.717) is 6.67 Å². The van der Waals surface area contributed by atoms with Crippen LogP contribution in [-0.4, -0.2) is 11.7 Å². The molecule has 0 radical (unpaired) electrons. The van der Waals surface area contributed by atoms with Crippen molar-refractivity contribution < 1.29 is 4.74 Å². The minimum absolute atomic E-state index is 0.00666. The smallest absolute Gasteiger partial charge is 0.182 e. The van der Waals surface area contributed by atoms with E-state index >= 15 is 0 Å². The number of thiophene rings is 2. The maximum atomic E-state index is 6.80. The Morgan fingerprint density at radius 1 is 0.586 bits per heavy atom. The molecule has 0 fully saturated rings. The summed E-state index contributed by atoms with van der Waals surface area (Å²) in [6.45, 7) is 11.9. The van der Waals surface area contributed by atoms with Crippen LogP contribution in [0, 0.1) is 0 Å². The summed E-state index contributed by atoms with van der Waals surface area (Å²) in [4.78, 5) is 9.85. The summed E-state index contributed by atoms with van der Waals surface area (Å²) >= 11 is 3.55. The fourth-order valence-corrected chi connectivity index (χ4v) is 10.5. The number of rotatable bonds is 7. The van der Waals surface area contributed by atoms with Crippen LogP contribution in [0.1, 0.15) is 40.2 Å². The van der Waals surface area contributed by atoms with Crippen molar-refractivity contribution in [3.8, 4) is 44.3 Å². The average molecular weight is 790 g/mol. The Morgan fingerprint density at radius 3 is 1.98 bits per heavy atom. The van der Waals surface area contributed by atoms with Gasteiger partial charge in [0.25, 0.3) is 0 Å². The molecule has 0 saturated carbocycles. The summed E-state index contributed by atoms with van der Waals surface area (Å²) in [5.74, 6) is 0.810. The molecule has 1 aliphatic heterocycles. The van der Waals surface area contributed by atoms with E-state index in [-0.39, 0.29) is 5.41 Å². The van der Waals surface area contributed by atoms with Crippen LogP contribution in [0.3, 0.4) is 0 Å². The molecule has 3 aromatic heterocycles. The quantitative estimate of drug-likeness (QED) is 0.161. The number of hydrogen-bond acceptors (Lipinski definition) is 6. The number of para-hydroxylation sites is 1. The monoisotopic (exact) mass is 789 g/mol. The lowest BCUT2D eigenvalue weighted by Gasteiger charge is -2.28. The number of nitrogens with zero attached hydrogens (tertiary/aromatic N) is 3. The van der Waals surface area contributed by atoms with Gasteiger partial charge in [-0.25, -0.2) is 0 Å². The molecule has 0 unspecified atom stereocenters. The molecule has 9 aromatic rings. The van der Waals surface area contributed by atoms with Crippen molar-refractivity contribution in [3.05, 3.63) is 175 Å². The second-order valence-electron chi connectivity index (χ2n) is 16.1. The molecule has 58 heavy (non-hydrogen) atoms. The molecule has 6 heteroatoms. The van der Waals surface area contributed by atoms with Gasteiger partial charge in [0.15, 0.2) is 5.06 Å². The zero-order valence-electron chi connectivity index (χ0n) is 33.3. The third kappa shape index (κ3) is 6.33. The van der Waals surface area contributed by atoms with E-state index in [4.69, 9.17) is 9.72 Å². The van der Waals surface area contributed by atoms with Crippen LogP contribution in [0.5, 0.6) is 10.8 Å². The van der Waals surface area contributed by atoms with Crippen molar-refractivity contribution in [3.63, 3.8) is 0 Å². The maximum absolute atomic E-state index is 6.80. The van der Waals surface area contributed by atoms with Gasteiger partial charge in [-0.3, -0.25) is 4.98 Å². The highest BCUT2D eigenvalue weighted by Gasteiger charge is 2.30. The lowest BCUT2D eigenvalue weighted by Crippen LogP contribution is -2.27. The lowest BCUT2D eigenvalue weighted by molar-refractivity contribution is 0.497. The van der Waals surface area contributed by atoms with Crippen molar-refractivity contribution in [1.29, 1.82) is 0 Å². The molecule has 4 nitrogen and oxygen atoms in total. The van der Waals surface area contributed by atoms with Gasteiger partial charge in [0.05, 0.1) is 18.1 Å². The molecule has 6 aromatic carbocycles. The minimum Gasteiger partial charge on any atom is -0.447 e. The van der Waals surface area contributed by atoms with Crippen molar-refractivity contribution in [2.45, 2.75) is 40.0 Å². The Labute approximate surface area is 347 Å². The number of pyridine rings is 1. The summed E-state index contributed by atoms with van der Waals surface area (Å²) in [6.07, 6.45) is 1.96. The third-order valence-corrected chi connectivity index (χ3v) is 13.6.